The highest BCUT2D eigenvalue weighted by Crippen LogP contribution is 2.59. The highest BCUT2D eigenvalue weighted by atomic mass is 32.3. The van der Waals surface area contributed by atoms with E-state index in [9.17, 15) is 23.8 Å². The minimum atomic E-state index is -3.86. The van der Waals surface area contributed by atoms with Crippen LogP contribution in [0.5, 0.6) is 5.75 Å². The Hall–Kier alpha value is -3.68. The molecule has 1 amide bonds. The lowest BCUT2D eigenvalue weighted by Crippen LogP contribution is -2.46. The molecule has 0 atom stereocenters. The number of carbonyl (C=O) groups is 1. The van der Waals surface area contributed by atoms with Crippen LogP contribution in [0, 0.1) is 0 Å². The normalized spacial score (nSPS) is 17.4. The van der Waals surface area contributed by atoms with Gasteiger partial charge in [-0.15, -0.1) is 15.7 Å². The molecule has 0 unspecified atom stereocenters. The first-order valence-electron chi connectivity index (χ1n) is 12.0. The summed E-state index contributed by atoms with van der Waals surface area (Å²) in [4.78, 5) is 28.7. The lowest BCUT2D eigenvalue weighted by atomic mass is 10.1. The van der Waals surface area contributed by atoms with Crippen molar-refractivity contribution in [3.63, 3.8) is 0 Å². The summed E-state index contributed by atoms with van der Waals surface area (Å²) >= 11 is 1.12. The van der Waals surface area contributed by atoms with Crippen molar-refractivity contribution in [2.24, 2.45) is 4.40 Å². The third kappa shape index (κ3) is 4.16. The fourth-order valence-electron chi connectivity index (χ4n) is 4.83. The topological polar surface area (TPSA) is 139 Å². The summed E-state index contributed by atoms with van der Waals surface area (Å²) in [7, 11) is -3.86. The van der Waals surface area contributed by atoms with E-state index in [1.807, 2.05) is 30.3 Å². The van der Waals surface area contributed by atoms with Crippen molar-refractivity contribution < 1.29 is 19.0 Å². The van der Waals surface area contributed by atoms with Crippen LogP contribution in [0.2, 0.25) is 0 Å². The number of aromatic nitrogens is 1. The Kier molecular flexibility index (Phi) is 6.20. The predicted molar refractivity (Wildman–Crippen MR) is 150 cm³/mol. The minimum Gasteiger partial charge on any atom is -0.506 e. The lowest BCUT2D eigenvalue weighted by Gasteiger charge is -2.34. The first-order valence-corrected chi connectivity index (χ1v) is 14.4. The number of thiophene rings is 1. The summed E-state index contributed by atoms with van der Waals surface area (Å²) in [5, 5.41) is 19.7. The molecule has 2 aliphatic rings. The van der Waals surface area contributed by atoms with Crippen LogP contribution >= 0.6 is 22.1 Å². The van der Waals surface area contributed by atoms with Crippen molar-refractivity contribution in [3.05, 3.63) is 87.0 Å². The van der Waals surface area contributed by atoms with E-state index in [0.717, 1.165) is 16.9 Å². The van der Waals surface area contributed by atoms with Crippen molar-refractivity contribution in [1.29, 1.82) is 0 Å². The maximum Gasteiger partial charge on any atom is 0.266 e. The number of piperazine rings is 1. The maximum atomic E-state index is 13.8. The molecule has 5 N–H and O–H groups in total. The molecular weight excluding hydrogens is 526 g/mol. The van der Waals surface area contributed by atoms with Gasteiger partial charge in [0, 0.05) is 36.9 Å². The summed E-state index contributed by atoms with van der Waals surface area (Å²) < 4.78 is 27.9. The number of hydrogen-bond acceptors (Lipinski definition) is 9. The maximum absolute atomic E-state index is 13.8. The van der Waals surface area contributed by atoms with Crippen LogP contribution in [-0.2, 0) is 6.54 Å². The summed E-state index contributed by atoms with van der Waals surface area (Å²) in [5.41, 5.74) is 0.880. The Morgan fingerprint density at radius 1 is 1.05 bits per heavy atom. The number of anilines is 1. The zero-order valence-corrected chi connectivity index (χ0v) is 21.8. The van der Waals surface area contributed by atoms with E-state index >= 15 is 0 Å². The zero-order valence-electron chi connectivity index (χ0n) is 20.1. The number of benzene rings is 2. The number of aromatic hydroxyl groups is 1. The van der Waals surface area contributed by atoms with Gasteiger partial charge in [-0.25, -0.2) is 0 Å². The van der Waals surface area contributed by atoms with Gasteiger partial charge in [0.2, 0.25) is 0 Å². The van der Waals surface area contributed by atoms with Gasteiger partial charge in [0.25, 0.3) is 11.5 Å². The van der Waals surface area contributed by atoms with Gasteiger partial charge < -0.3 is 25.2 Å². The Balaban J connectivity index is 1.46. The van der Waals surface area contributed by atoms with E-state index in [4.69, 9.17) is 0 Å². The van der Waals surface area contributed by atoms with Gasteiger partial charge in [0.15, 0.2) is 5.84 Å². The van der Waals surface area contributed by atoms with Gasteiger partial charge in [-0.1, -0.05) is 53.2 Å². The third-order valence-electron chi connectivity index (χ3n) is 6.67. The summed E-state index contributed by atoms with van der Waals surface area (Å²) in [6, 6.07) is 16.4. The number of para-hydroxylation sites is 1. The van der Waals surface area contributed by atoms with Crippen LogP contribution in [-0.4, -0.2) is 61.6 Å². The smallest absolute Gasteiger partial charge is 0.266 e. The molecule has 2 aromatic carbocycles. The van der Waals surface area contributed by atoms with Crippen molar-refractivity contribution in [1.82, 2.24) is 14.8 Å². The number of nitrogens with one attached hydrogen (secondary N) is 2. The monoisotopic (exact) mass is 551 g/mol. The molecule has 0 spiro atoms. The van der Waals surface area contributed by atoms with E-state index < -0.39 is 16.3 Å². The van der Waals surface area contributed by atoms with Crippen LogP contribution in [0.15, 0.2) is 74.1 Å². The number of hydrogen-bond donors (Lipinski definition) is 5. The van der Waals surface area contributed by atoms with Crippen molar-refractivity contribution in [2.45, 2.75) is 11.4 Å². The van der Waals surface area contributed by atoms with E-state index in [1.54, 1.807) is 34.5 Å². The SMILES string of the molecule is O=C(c1csc2c1S(O)(O)N=C(c1c(O)c3ccccc3n(Cc3ccccc3)c1=O)N2)N1CCNCC1. The Morgan fingerprint density at radius 2 is 1.76 bits per heavy atom. The van der Waals surface area contributed by atoms with Crippen LogP contribution in [0.4, 0.5) is 5.00 Å². The summed E-state index contributed by atoms with van der Waals surface area (Å²) in [5.74, 6) is -0.771. The molecule has 1 fully saturated rings. The Bertz CT molecular complexity index is 1640. The van der Waals surface area contributed by atoms with Gasteiger partial charge >= 0.3 is 0 Å². The average Bonchev–Trinajstić information content (AvgIpc) is 3.37. The largest absolute Gasteiger partial charge is 0.506 e. The molecule has 2 aromatic heterocycles. The quantitative estimate of drug-likeness (QED) is 0.260. The predicted octanol–water partition coefficient (Wildman–Crippen LogP) is 3.76. The molecule has 4 heterocycles. The molecule has 196 valence electrons. The number of amidine groups is 1. The van der Waals surface area contributed by atoms with Gasteiger partial charge in [0.1, 0.15) is 21.2 Å². The van der Waals surface area contributed by atoms with E-state index in [0.29, 0.717) is 42.1 Å². The van der Waals surface area contributed by atoms with Crippen LogP contribution in [0.1, 0.15) is 21.5 Å². The van der Waals surface area contributed by atoms with Crippen molar-refractivity contribution in [2.75, 3.05) is 31.5 Å². The minimum absolute atomic E-state index is 0.0136. The summed E-state index contributed by atoms with van der Waals surface area (Å²) in [6.07, 6.45) is 0. The number of nitrogens with zero attached hydrogens (tertiary/aromatic N) is 3. The molecule has 12 heteroatoms. The van der Waals surface area contributed by atoms with Crippen LogP contribution < -0.4 is 16.2 Å². The number of carbonyl (C=O) groups excluding carboxylic acids is 1. The molecule has 0 aliphatic carbocycles. The van der Waals surface area contributed by atoms with Gasteiger partial charge in [-0.3, -0.25) is 18.7 Å². The van der Waals surface area contributed by atoms with Crippen molar-refractivity contribution >= 4 is 49.8 Å². The number of fused-ring (bicyclic) bond motifs is 2. The third-order valence-corrected chi connectivity index (χ3v) is 9.10. The highest BCUT2D eigenvalue weighted by Gasteiger charge is 2.37. The van der Waals surface area contributed by atoms with Crippen LogP contribution in [0.3, 0.4) is 0 Å². The van der Waals surface area contributed by atoms with E-state index in [2.05, 4.69) is 15.0 Å². The van der Waals surface area contributed by atoms with Crippen LogP contribution in [0.25, 0.3) is 10.9 Å². The second-order valence-corrected chi connectivity index (χ2v) is 11.6. The fourth-order valence-corrected chi connectivity index (χ4v) is 7.43. The van der Waals surface area contributed by atoms with Gasteiger partial charge in [0.05, 0.1) is 17.6 Å². The highest BCUT2D eigenvalue weighted by molar-refractivity contribution is 8.23. The number of rotatable bonds is 4. The zero-order chi connectivity index (χ0) is 26.4. The number of amides is 1. The first-order chi connectivity index (χ1) is 18.3. The molecular formula is C26H25N5O5S2. The first kappa shape index (κ1) is 24.6. The lowest BCUT2D eigenvalue weighted by molar-refractivity contribution is 0.0732. The van der Waals surface area contributed by atoms with E-state index in [-0.39, 0.29) is 40.1 Å². The summed E-state index contributed by atoms with van der Waals surface area (Å²) in [6.45, 7) is 2.58. The average molecular weight is 552 g/mol. The Morgan fingerprint density at radius 3 is 2.53 bits per heavy atom. The molecule has 38 heavy (non-hydrogen) atoms. The molecule has 1 saturated heterocycles. The van der Waals surface area contributed by atoms with E-state index in [1.165, 1.54) is 4.57 Å². The van der Waals surface area contributed by atoms with Gasteiger partial charge in [-0.2, -0.15) is 0 Å². The molecule has 0 bridgehead atoms. The number of pyridine rings is 1. The molecule has 6 rings (SSSR count). The molecule has 4 aromatic rings. The molecule has 0 saturated carbocycles. The van der Waals surface area contributed by atoms with Gasteiger partial charge in [-0.05, 0) is 17.7 Å². The second-order valence-electron chi connectivity index (χ2n) is 9.05. The fraction of sp³-hybridized carbons (Fsp3) is 0.192. The standard InChI is InChI=1S/C26H25N5O5S2/c32-21-17-8-4-5-9-19(17)31(14-16-6-2-1-3-7-16)26(34)20(21)23-28-24-22(38(35,36)29-23)18(15-37-24)25(33)30-12-10-27-11-13-30/h1-9,15,27,32,35-36H,10-14H2,(H,28,29). The molecule has 0 radical (unpaired) electrons. The Labute approximate surface area is 223 Å². The van der Waals surface area contributed by atoms with Crippen molar-refractivity contribution in [3.8, 4) is 5.75 Å². The second kappa shape index (κ2) is 9.57. The molecule has 10 nitrogen and oxygen atoms in total. The molecule has 2 aliphatic heterocycles.